The van der Waals surface area contributed by atoms with Crippen LogP contribution in [0.4, 0.5) is 0 Å². The van der Waals surface area contributed by atoms with Crippen LogP contribution in [0.5, 0.6) is 0 Å². The molecule has 14 heavy (non-hydrogen) atoms. The first-order valence-corrected chi connectivity index (χ1v) is 5.67. The topological polar surface area (TPSA) is 26.3 Å². The number of esters is 1. The Hall–Kier alpha value is -0.530. The first-order valence-electron chi connectivity index (χ1n) is 5.67. The highest BCUT2D eigenvalue weighted by Gasteiger charge is 2.33. The van der Waals surface area contributed by atoms with Crippen molar-refractivity contribution in [3.05, 3.63) is 0 Å². The van der Waals surface area contributed by atoms with E-state index in [1.54, 1.807) is 0 Å². The van der Waals surface area contributed by atoms with Crippen LogP contribution in [0.2, 0.25) is 0 Å². The lowest BCUT2D eigenvalue weighted by Crippen LogP contribution is -2.34. The Morgan fingerprint density at radius 1 is 1.43 bits per heavy atom. The molecule has 0 spiro atoms. The Balaban J connectivity index is 2.47. The molecule has 1 aliphatic carbocycles. The molecule has 1 unspecified atom stereocenters. The highest BCUT2D eigenvalue weighted by atomic mass is 16.6. The van der Waals surface area contributed by atoms with Crippen LogP contribution in [0.1, 0.15) is 53.4 Å². The van der Waals surface area contributed by atoms with Crippen LogP contribution in [0, 0.1) is 11.8 Å². The Kier molecular flexibility index (Phi) is 3.57. The molecule has 2 nitrogen and oxygen atoms in total. The van der Waals surface area contributed by atoms with Gasteiger partial charge >= 0.3 is 5.97 Å². The minimum atomic E-state index is -0.339. The van der Waals surface area contributed by atoms with Crippen molar-refractivity contribution in [3.8, 4) is 0 Å². The van der Waals surface area contributed by atoms with Crippen molar-refractivity contribution >= 4 is 5.97 Å². The summed E-state index contributed by atoms with van der Waals surface area (Å²) in [4.78, 5) is 11.8. The molecular weight excluding hydrogens is 176 g/mol. The number of carbonyl (C=O) groups excluding carboxylic acids is 1. The van der Waals surface area contributed by atoms with Crippen molar-refractivity contribution in [2.75, 3.05) is 0 Å². The molecule has 0 saturated heterocycles. The molecule has 0 aromatic rings. The van der Waals surface area contributed by atoms with Crippen molar-refractivity contribution in [1.82, 2.24) is 0 Å². The van der Waals surface area contributed by atoms with Gasteiger partial charge in [-0.2, -0.15) is 0 Å². The summed E-state index contributed by atoms with van der Waals surface area (Å²) in [6, 6.07) is 0. The van der Waals surface area contributed by atoms with Gasteiger partial charge in [-0.3, -0.25) is 4.79 Å². The van der Waals surface area contributed by atoms with Gasteiger partial charge in [-0.1, -0.05) is 13.3 Å². The number of ether oxygens (including phenoxy) is 1. The van der Waals surface area contributed by atoms with E-state index in [9.17, 15) is 4.79 Å². The zero-order valence-electron chi connectivity index (χ0n) is 9.80. The first-order chi connectivity index (χ1) is 6.44. The maximum absolute atomic E-state index is 11.8. The van der Waals surface area contributed by atoms with E-state index < -0.39 is 0 Å². The molecule has 1 saturated carbocycles. The van der Waals surface area contributed by atoms with Gasteiger partial charge in [0.2, 0.25) is 0 Å². The molecule has 0 aromatic heterocycles. The van der Waals surface area contributed by atoms with E-state index >= 15 is 0 Å². The van der Waals surface area contributed by atoms with Crippen LogP contribution in [0.25, 0.3) is 0 Å². The van der Waals surface area contributed by atoms with Crippen LogP contribution in [0.15, 0.2) is 0 Å². The minimum Gasteiger partial charge on any atom is -0.460 e. The summed E-state index contributed by atoms with van der Waals surface area (Å²) in [6.45, 7) is 7.86. The number of hydrogen-bond acceptors (Lipinski definition) is 2. The van der Waals surface area contributed by atoms with Crippen LogP contribution in [-0.4, -0.2) is 11.6 Å². The van der Waals surface area contributed by atoms with E-state index in [1.807, 2.05) is 20.8 Å². The van der Waals surface area contributed by atoms with Crippen molar-refractivity contribution in [3.63, 3.8) is 0 Å². The molecule has 0 bridgehead atoms. The van der Waals surface area contributed by atoms with E-state index in [0.717, 1.165) is 6.42 Å². The molecule has 1 fully saturated rings. The van der Waals surface area contributed by atoms with Gasteiger partial charge in [0.1, 0.15) is 5.60 Å². The lowest BCUT2D eigenvalue weighted by molar-refractivity contribution is -0.163. The average molecular weight is 198 g/mol. The Morgan fingerprint density at radius 3 is 2.29 bits per heavy atom. The number of hydrogen-bond donors (Lipinski definition) is 0. The summed E-state index contributed by atoms with van der Waals surface area (Å²) in [6.07, 6.45) is 4.61. The summed E-state index contributed by atoms with van der Waals surface area (Å²) in [7, 11) is 0. The highest BCUT2D eigenvalue weighted by Crippen LogP contribution is 2.36. The van der Waals surface area contributed by atoms with Gasteiger partial charge in [0.25, 0.3) is 0 Å². The summed E-state index contributed by atoms with van der Waals surface area (Å²) in [5.41, 5.74) is -0.339. The SMILES string of the molecule is CCC(C(=O)OC(C)(C)C)C1CCC1. The number of rotatable bonds is 3. The summed E-state index contributed by atoms with van der Waals surface area (Å²) >= 11 is 0. The van der Waals surface area contributed by atoms with Gasteiger partial charge in [-0.15, -0.1) is 0 Å². The smallest absolute Gasteiger partial charge is 0.309 e. The van der Waals surface area contributed by atoms with E-state index in [2.05, 4.69) is 6.92 Å². The predicted molar refractivity (Wildman–Crippen MR) is 57.0 cm³/mol. The Labute approximate surface area is 87.0 Å². The third-order valence-corrected chi connectivity index (χ3v) is 2.87. The van der Waals surface area contributed by atoms with Crippen LogP contribution in [-0.2, 0) is 9.53 Å². The fourth-order valence-corrected chi connectivity index (χ4v) is 1.91. The maximum atomic E-state index is 11.8. The van der Waals surface area contributed by atoms with Crippen molar-refractivity contribution in [2.45, 2.75) is 59.0 Å². The molecule has 0 aliphatic heterocycles. The second-order valence-electron chi connectivity index (χ2n) is 5.24. The normalized spacial score (nSPS) is 20.0. The number of carbonyl (C=O) groups is 1. The second-order valence-corrected chi connectivity index (χ2v) is 5.24. The summed E-state index contributed by atoms with van der Waals surface area (Å²) < 4.78 is 5.41. The van der Waals surface area contributed by atoms with Crippen molar-refractivity contribution in [2.24, 2.45) is 11.8 Å². The molecule has 1 atom stereocenters. The monoisotopic (exact) mass is 198 g/mol. The molecule has 2 heteroatoms. The minimum absolute atomic E-state index is 0.00435. The zero-order chi connectivity index (χ0) is 10.8. The van der Waals surface area contributed by atoms with Crippen LogP contribution < -0.4 is 0 Å². The molecule has 0 amide bonds. The second kappa shape index (κ2) is 4.33. The Morgan fingerprint density at radius 2 is 2.00 bits per heavy atom. The molecular formula is C12H22O2. The predicted octanol–water partition coefficient (Wildman–Crippen LogP) is 3.15. The van der Waals surface area contributed by atoms with Gasteiger partial charge in [0.05, 0.1) is 5.92 Å². The van der Waals surface area contributed by atoms with Crippen LogP contribution >= 0.6 is 0 Å². The van der Waals surface area contributed by atoms with Gasteiger partial charge in [0, 0.05) is 0 Å². The summed E-state index contributed by atoms with van der Waals surface area (Å²) in [5, 5.41) is 0. The maximum Gasteiger partial charge on any atom is 0.309 e. The van der Waals surface area contributed by atoms with Crippen molar-refractivity contribution < 1.29 is 9.53 Å². The molecule has 0 aromatic carbocycles. The van der Waals surface area contributed by atoms with Crippen molar-refractivity contribution in [1.29, 1.82) is 0 Å². The Bertz CT molecular complexity index is 199. The molecule has 82 valence electrons. The largest absolute Gasteiger partial charge is 0.460 e. The fourth-order valence-electron chi connectivity index (χ4n) is 1.91. The molecule has 0 N–H and O–H groups in total. The van der Waals surface area contributed by atoms with Gasteiger partial charge in [-0.05, 0) is 46.0 Å². The zero-order valence-corrected chi connectivity index (χ0v) is 9.80. The van der Waals surface area contributed by atoms with Crippen LogP contribution in [0.3, 0.4) is 0 Å². The third-order valence-electron chi connectivity index (χ3n) is 2.87. The highest BCUT2D eigenvalue weighted by molar-refractivity contribution is 5.73. The average Bonchev–Trinajstić information content (AvgIpc) is 1.92. The lowest BCUT2D eigenvalue weighted by atomic mass is 9.75. The third kappa shape index (κ3) is 3.00. The molecule has 1 rings (SSSR count). The molecule has 0 heterocycles. The van der Waals surface area contributed by atoms with Gasteiger partial charge in [0.15, 0.2) is 0 Å². The summed E-state index contributed by atoms with van der Waals surface area (Å²) in [5.74, 6) is 0.738. The fraction of sp³-hybridized carbons (Fsp3) is 0.917. The van der Waals surface area contributed by atoms with Gasteiger partial charge in [-0.25, -0.2) is 0 Å². The van der Waals surface area contributed by atoms with Gasteiger partial charge < -0.3 is 4.74 Å². The van der Waals surface area contributed by atoms with E-state index in [-0.39, 0.29) is 17.5 Å². The van der Waals surface area contributed by atoms with E-state index in [4.69, 9.17) is 4.74 Å². The lowest BCUT2D eigenvalue weighted by Gasteiger charge is -2.33. The first kappa shape index (κ1) is 11.5. The molecule has 0 radical (unpaired) electrons. The standard InChI is InChI=1S/C12H22O2/c1-5-10(9-7-6-8-9)11(13)14-12(2,3)4/h9-10H,5-8H2,1-4H3. The van der Waals surface area contributed by atoms with E-state index in [1.165, 1.54) is 19.3 Å². The van der Waals surface area contributed by atoms with E-state index in [0.29, 0.717) is 5.92 Å². The quantitative estimate of drug-likeness (QED) is 0.651. The molecule has 1 aliphatic rings.